The molecule has 0 aliphatic carbocycles. The minimum Gasteiger partial charge on any atom is -0.497 e. The maximum absolute atomic E-state index is 5.61. The van der Waals surface area contributed by atoms with E-state index in [0.29, 0.717) is 6.61 Å². The van der Waals surface area contributed by atoms with Crippen molar-refractivity contribution in [2.75, 3.05) is 7.11 Å². The molecule has 4 nitrogen and oxygen atoms in total. The fraction of sp³-hybridized carbons (Fsp3) is 0.250. The van der Waals surface area contributed by atoms with E-state index in [1.165, 1.54) is 0 Å². The lowest BCUT2D eigenvalue weighted by Crippen LogP contribution is -1.96. The Labute approximate surface area is 108 Å². The Kier molecular flexibility index (Phi) is 3.68. The molecule has 2 aromatic rings. The third-order valence-electron chi connectivity index (χ3n) is 2.19. The zero-order valence-corrected chi connectivity index (χ0v) is 11.2. The first-order valence-corrected chi connectivity index (χ1v) is 5.87. The van der Waals surface area contributed by atoms with E-state index in [1.54, 1.807) is 7.11 Å². The maximum atomic E-state index is 5.61. The molecule has 17 heavy (non-hydrogen) atoms. The van der Waals surface area contributed by atoms with Crippen LogP contribution in [0.5, 0.6) is 11.5 Å². The molecule has 1 aromatic carbocycles. The molecule has 1 heterocycles. The van der Waals surface area contributed by atoms with Crippen LogP contribution in [-0.2, 0) is 6.61 Å². The highest BCUT2D eigenvalue weighted by molar-refractivity contribution is 9.10. The van der Waals surface area contributed by atoms with Crippen LogP contribution in [0.2, 0.25) is 0 Å². The van der Waals surface area contributed by atoms with Gasteiger partial charge in [-0.1, -0.05) is 5.16 Å². The van der Waals surface area contributed by atoms with E-state index in [-0.39, 0.29) is 0 Å². The van der Waals surface area contributed by atoms with Crippen LogP contribution in [0.25, 0.3) is 0 Å². The number of hydrogen-bond donors (Lipinski definition) is 0. The highest BCUT2D eigenvalue weighted by Crippen LogP contribution is 2.29. The normalized spacial score (nSPS) is 10.3. The second-order valence-electron chi connectivity index (χ2n) is 3.51. The summed E-state index contributed by atoms with van der Waals surface area (Å²) in [5.74, 6) is 2.30. The van der Waals surface area contributed by atoms with E-state index in [2.05, 4.69) is 21.1 Å². The lowest BCUT2D eigenvalue weighted by atomic mass is 10.3. The Hall–Kier alpha value is -1.49. The van der Waals surface area contributed by atoms with Crippen molar-refractivity contribution < 1.29 is 14.0 Å². The molecule has 0 bridgehead atoms. The number of hydrogen-bond acceptors (Lipinski definition) is 4. The van der Waals surface area contributed by atoms with E-state index < -0.39 is 0 Å². The highest BCUT2D eigenvalue weighted by atomic mass is 79.9. The Balaban J connectivity index is 2.04. The maximum Gasteiger partial charge on any atom is 0.134 e. The number of halogens is 1. The third-order valence-corrected chi connectivity index (χ3v) is 2.81. The number of rotatable bonds is 4. The number of ether oxygens (including phenoxy) is 2. The monoisotopic (exact) mass is 297 g/mol. The van der Waals surface area contributed by atoms with Gasteiger partial charge in [0.1, 0.15) is 29.6 Å². The quantitative estimate of drug-likeness (QED) is 0.868. The van der Waals surface area contributed by atoms with Gasteiger partial charge in [0, 0.05) is 6.07 Å². The molecule has 0 spiro atoms. The molecule has 0 atom stereocenters. The van der Waals surface area contributed by atoms with Crippen LogP contribution in [0, 0.1) is 6.92 Å². The van der Waals surface area contributed by atoms with Crippen LogP contribution in [0.1, 0.15) is 11.5 Å². The Morgan fingerprint density at radius 3 is 2.76 bits per heavy atom. The zero-order valence-electron chi connectivity index (χ0n) is 9.57. The smallest absolute Gasteiger partial charge is 0.134 e. The summed E-state index contributed by atoms with van der Waals surface area (Å²) in [5, 5.41) is 3.85. The number of methoxy groups -OCH3 is 1. The highest BCUT2D eigenvalue weighted by Gasteiger charge is 2.05. The van der Waals surface area contributed by atoms with Crippen LogP contribution in [-0.4, -0.2) is 12.3 Å². The van der Waals surface area contributed by atoms with Crippen LogP contribution >= 0.6 is 15.9 Å². The molecule has 5 heteroatoms. The van der Waals surface area contributed by atoms with Crippen molar-refractivity contribution in [1.29, 1.82) is 0 Å². The first-order valence-electron chi connectivity index (χ1n) is 5.07. The molecule has 0 radical (unpaired) electrons. The average molecular weight is 298 g/mol. The molecular formula is C12H12BrNO3. The summed E-state index contributed by atoms with van der Waals surface area (Å²) in [6, 6.07) is 7.38. The molecule has 1 aromatic heterocycles. The first-order chi connectivity index (χ1) is 8.19. The van der Waals surface area contributed by atoms with Crippen LogP contribution in [0.4, 0.5) is 0 Å². The van der Waals surface area contributed by atoms with Gasteiger partial charge in [0.2, 0.25) is 0 Å². The van der Waals surface area contributed by atoms with Crippen molar-refractivity contribution in [1.82, 2.24) is 5.16 Å². The van der Waals surface area contributed by atoms with E-state index in [0.717, 1.165) is 27.4 Å². The van der Waals surface area contributed by atoms with Gasteiger partial charge in [0.25, 0.3) is 0 Å². The molecule has 90 valence electrons. The van der Waals surface area contributed by atoms with Gasteiger partial charge in [0.15, 0.2) is 0 Å². The van der Waals surface area contributed by atoms with Crippen molar-refractivity contribution in [3.8, 4) is 11.5 Å². The second kappa shape index (κ2) is 5.23. The summed E-state index contributed by atoms with van der Waals surface area (Å²) in [6.45, 7) is 2.22. The van der Waals surface area contributed by atoms with E-state index in [9.17, 15) is 0 Å². The minimum atomic E-state index is 0.377. The standard InChI is InChI=1S/C12H12BrNO3/c1-8-5-9(14-17-8)7-16-12-4-3-10(15-2)6-11(12)13/h3-6H,7H2,1-2H3. The van der Waals surface area contributed by atoms with Gasteiger partial charge in [0.05, 0.1) is 11.6 Å². The van der Waals surface area contributed by atoms with Gasteiger partial charge < -0.3 is 14.0 Å². The molecule has 0 fully saturated rings. The van der Waals surface area contributed by atoms with Gasteiger partial charge in [-0.2, -0.15) is 0 Å². The molecule has 0 saturated heterocycles. The second-order valence-corrected chi connectivity index (χ2v) is 4.37. The minimum absolute atomic E-state index is 0.377. The van der Waals surface area contributed by atoms with Gasteiger partial charge in [-0.3, -0.25) is 0 Å². The molecular weight excluding hydrogens is 286 g/mol. The fourth-order valence-electron chi connectivity index (χ4n) is 1.36. The SMILES string of the molecule is COc1ccc(OCc2cc(C)on2)c(Br)c1. The van der Waals surface area contributed by atoms with Gasteiger partial charge in [-0.15, -0.1) is 0 Å². The molecule has 0 saturated carbocycles. The average Bonchev–Trinajstić information content (AvgIpc) is 2.73. The van der Waals surface area contributed by atoms with Gasteiger partial charge in [-0.05, 0) is 41.1 Å². The largest absolute Gasteiger partial charge is 0.497 e. The summed E-state index contributed by atoms with van der Waals surface area (Å²) in [6.07, 6.45) is 0. The number of aromatic nitrogens is 1. The van der Waals surface area contributed by atoms with Crippen molar-refractivity contribution in [2.24, 2.45) is 0 Å². The molecule has 2 rings (SSSR count). The predicted octanol–water partition coefficient (Wildman–Crippen LogP) is 3.33. The van der Waals surface area contributed by atoms with E-state index in [1.807, 2.05) is 31.2 Å². The Morgan fingerprint density at radius 1 is 1.35 bits per heavy atom. The summed E-state index contributed by atoms with van der Waals surface area (Å²) in [4.78, 5) is 0. The van der Waals surface area contributed by atoms with Gasteiger partial charge in [-0.25, -0.2) is 0 Å². The van der Waals surface area contributed by atoms with Crippen molar-refractivity contribution in [3.63, 3.8) is 0 Å². The number of benzene rings is 1. The van der Waals surface area contributed by atoms with Crippen LogP contribution in [0.15, 0.2) is 33.3 Å². The molecule has 0 aliphatic heterocycles. The summed E-state index contributed by atoms with van der Waals surface area (Å²) in [5.41, 5.74) is 0.769. The number of aryl methyl sites for hydroxylation is 1. The van der Waals surface area contributed by atoms with Crippen molar-refractivity contribution in [2.45, 2.75) is 13.5 Å². The fourth-order valence-corrected chi connectivity index (χ4v) is 1.84. The summed E-state index contributed by atoms with van der Waals surface area (Å²) in [7, 11) is 1.63. The van der Waals surface area contributed by atoms with Gasteiger partial charge >= 0.3 is 0 Å². The lowest BCUT2D eigenvalue weighted by molar-refractivity contribution is 0.285. The zero-order chi connectivity index (χ0) is 12.3. The predicted molar refractivity (Wildman–Crippen MR) is 66.3 cm³/mol. The van der Waals surface area contributed by atoms with E-state index in [4.69, 9.17) is 14.0 Å². The Morgan fingerprint density at radius 2 is 2.18 bits per heavy atom. The number of nitrogens with zero attached hydrogens (tertiary/aromatic N) is 1. The molecule has 0 unspecified atom stereocenters. The van der Waals surface area contributed by atoms with Crippen LogP contribution in [0.3, 0.4) is 0 Å². The Bertz CT molecular complexity index is 510. The summed E-state index contributed by atoms with van der Waals surface area (Å²) >= 11 is 3.42. The van der Waals surface area contributed by atoms with E-state index >= 15 is 0 Å². The first kappa shape index (κ1) is 12.0. The topological polar surface area (TPSA) is 44.5 Å². The lowest BCUT2D eigenvalue weighted by Gasteiger charge is -2.07. The van der Waals surface area contributed by atoms with Crippen molar-refractivity contribution in [3.05, 3.63) is 40.2 Å². The molecule has 0 N–H and O–H groups in total. The molecule has 0 aliphatic rings. The third kappa shape index (κ3) is 3.00. The summed E-state index contributed by atoms with van der Waals surface area (Å²) < 4.78 is 16.5. The molecule has 0 amide bonds. The van der Waals surface area contributed by atoms with Crippen molar-refractivity contribution >= 4 is 15.9 Å². The van der Waals surface area contributed by atoms with Crippen LogP contribution < -0.4 is 9.47 Å².